The fourth-order valence-electron chi connectivity index (χ4n) is 16.0. The fraction of sp³-hybridized carbons (Fsp3) is 0.351. The molecule has 0 amide bonds. The summed E-state index contributed by atoms with van der Waals surface area (Å²) >= 11 is 0. The average Bonchev–Trinajstić information content (AvgIpc) is 3.40. The van der Waals surface area contributed by atoms with Crippen LogP contribution in [0.4, 0.5) is 45.5 Å². The molecule has 0 spiro atoms. The van der Waals surface area contributed by atoms with Gasteiger partial charge in [-0.05, 0) is 150 Å². The first kappa shape index (κ1) is 49.5. The van der Waals surface area contributed by atoms with Crippen molar-refractivity contribution in [2.45, 2.75) is 168 Å². The van der Waals surface area contributed by atoms with Crippen molar-refractivity contribution in [3.8, 4) is 22.3 Å². The smallest absolute Gasteiger partial charge is 0.252 e. The van der Waals surface area contributed by atoms with Crippen LogP contribution >= 0.6 is 0 Å². The maximum Gasteiger partial charge on any atom is 0.252 e. The summed E-state index contributed by atoms with van der Waals surface area (Å²) in [4.78, 5) is 8.37. The number of anilines is 8. The van der Waals surface area contributed by atoms with Crippen molar-refractivity contribution in [3.63, 3.8) is 0 Å². The van der Waals surface area contributed by atoms with E-state index < -0.39 is 0 Å². The first-order valence-corrected chi connectivity index (χ1v) is 29.3. The summed E-state index contributed by atoms with van der Waals surface area (Å²) in [5.74, 6) is 0. The summed E-state index contributed by atoms with van der Waals surface area (Å²) in [6, 6.07) is 60.8. The van der Waals surface area contributed by atoms with Crippen molar-refractivity contribution in [3.05, 3.63) is 196 Å². The van der Waals surface area contributed by atoms with E-state index in [0.717, 1.165) is 6.42 Å². The average molecular weight is 1020 g/mol. The zero-order chi connectivity index (χ0) is 54.6. The van der Waals surface area contributed by atoms with Gasteiger partial charge in [-0.3, -0.25) is 0 Å². The molecule has 14 rings (SSSR count). The molecule has 3 nitrogen and oxygen atoms in total. The Hall–Kier alpha value is -6.78. The zero-order valence-corrected chi connectivity index (χ0v) is 49.2. The van der Waals surface area contributed by atoms with Gasteiger partial charge in [0, 0.05) is 61.5 Å². The lowest BCUT2D eigenvalue weighted by Crippen LogP contribution is -2.61. The molecular formula is C74H78BN3. The molecule has 78 heavy (non-hydrogen) atoms. The topological polar surface area (TPSA) is 9.72 Å². The molecule has 3 heterocycles. The van der Waals surface area contributed by atoms with Crippen molar-refractivity contribution in [1.82, 2.24) is 0 Å². The number of benzene rings is 8. The van der Waals surface area contributed by atoms with Gasteiger partial charge in [0.1, 0.15) is 0 Å². The normalized spacial score (nSPS) is 20.8. The van der Waals surface area contributed by atoms with E-state index in [1.54, 1.807) is 0 Å². The molecule has 8 aromatic carbocycles. The standard InChI is InChI=1S/C74H78BN3/c1-68(2,3)45-34-37-58-55(40-45)73(14)38-20-21-39-74(73,15)78(58)48-43-63-67-64(44-48)77(60-31-23-29-54-66(60)50-25-17-19-27-52(50)72(54,12)13)62-42-47(70(7,8)9)33-36-57(62)75(67)56-35-32-46(69(4,5)6)41-61(56)76(63)59-30-22-28-53-65(59)49-24-16-18-26-51(49)71(53,10)11/h16-19,22-37,40-44H,20-21,38-39H2,1-15H3. The van der Waals surface area contributed by atoms with E-state index in [4.69, 9.17) is 0 Å². The van der Waals surface area contributed by atoms with E-state index >= 15 is 0 Å². The van der Waals surface area contributed by atoms with Crippen LogP contribution in [0, 0.1) is 0 Å². The summed E-state index contributed by atoms with van der Waals surface area (Å²) in [6.45, 7) is 36.3. The Bertz CT molecular complexity index is 3690. The SMILES string of the molecule is CC(C)(C)c1ccc2c(c1)N(c1cccc3c1-c1ccccc1C3(C)C)c1cc(N3c4ccc(C(C)(C)C)cc4C4(C)CCCCC34C)cc3c1B2c1ccc(C(C)(C)C)cc1N3c1cccc2c1-c1ccccc1C2(C)C. The maximum atomic E-state index is 2.86. The summed E-state index contributed by atoms with van der Waals surface area (Å²) in [5, 5.41) is 0. The van der Waals surface area contributed by atoms with E-state index in [1.807, 2.05) is 0 Å². The predicted molar refractivity (Wildman–Crippen MR) is 334 cm³/mol. The molecule has 0 radical (unpaired) electrons. The largest absolute Gasteiger partial charge is 0.334 e. The predicted octanol–water partition coefficient (Wildman–Crippen LogP) is 18.0. The Morgan fingerprint density at radius 2 is 0.821 bits per heavy atom. The molecule has 0 bridgehead atoms. The van der Waals surface area contributed by atoms with Gasteiger partial charge in [0.05, 0.1) is 16.9 Å². The third-order valence-corrected chi connectivity index (χ3v) is 20.7. The van der Waals surface area contributed by atoms with Gasteiger partial charge in [-0.2, -0.15) is 0 Å². The highest BCUT2D eigenvalue weighted by atomic mass is 15.3. The minimum absolute atomic E-state index is 0.0266. The second-order valence-electron chi connectivity index (χ2n) is 28.9. The maximum absolute atomic E-state index is 2.86. The number of nitrogens with zero attached hydrogens (tertiary/aromatic N) is 3. The molecule has 6 aliphatic rings. The highest BCUT2D eigenvalue weighted by molar-refractivity contribution is 7.00. The molecule has 1 saturated carbocycles. The van der Waals surface area contributed by atoms with Crippen molar-refractivity contribution in [2.75, 3.05) is 14.7 Å². The number of hydrogen-bond acceptors (Lipinski definition) is 3. The molecule has 4 heteroatoms. The van der Waals surface area contributed by atoms with Crippen LogP contribution in [-0.4, -0.2) is 12.3 Å². The highest BCUT2D eigenvalue weighted by Crippen LogP contribution is 2.64. The van der Waals surface area contributed by atoms with Crippen molar-refractivity contribution in [1.29, 1.82) is 0 Å². The van der Waals surface area contributed by atoms with Crippen LogP contribution in [0.1, 0.15) is 174 Å². The van der Waals surface area contributed by atoms with Gasteiger partial charge >= 0.3 is 0 Å². The molecule has 1 fully saturated rings. The van der Waals surface area contributed by atoms with E-state index in [1.165, 1.54) is 148 Å². The van der Waals surface area contributed by atoms with Crippen molar-refractivity contribution >= 4 is 68.6 Å². The van der Waals surface area contributed by atoms with Gasteiger partial charge in [-0.15, -0.1) is 0 Å². The molecule has 0 aromatic heterocycles. The first-order valence-electron chi connectivity index (χ1n) is 29.3. The number of fused-ring (bicyclic) bond motifs is 13. The molecule has 2 unspecified atom stereocenters. The third kappa shape index (κ3) is 6.52. The summed E-state index contributed by atoms with van der Waals surface area (Å²) in [5.41, 5.74) is 30.2. The summed E-state index contributed by atoms with van der Waals surface area (Å²) in [7, 11) is 0. The van der Waals surface area contributed by atoms with Crippen LogP contribution < -0.4 is 31.1 Å². The number of hydrogen-bond donors (Lipinski definition) is 0. The Kier molecular flexibility index (Phi) is 10.1. The minimum Gasteiger partial charge on any atom is -0.334 e. The summed E-state index contributed by atoms with van der Waals surface area (Å²) < 4.78 is 0. The summed E-state index contributed by atoms with van der Waals surface area (Å²) in [6.07, 6.45) is 4.74. The molecule has 3 aliphatic heterocycles. The zero-order valence-electron chi connectivity index (χ0n) is 49.2. The second-order valence-corrected chi connectivity index (χ2v) is 28.9. The minimum atomic E-state index is -0.175. The molecule has 392 valence electrons. The molecule has 0 N–H and O–H groups in total. The van der Waals surface area contributed by atoms with E-state index in [2.05, 4.69) is 270 Å². The lowest BCUT2D eigenvalue weighted by molar-refractivity contribution is 0.195. The van der Waals surface area contributed by atoms with Gasteiger partial charge in [-0.1, -0.05) is 219 Å². The van der Waals surface area contributed by atoms with Crippen LogP contribution in [0.15, 0.2) is 152 Å². The first-order chi connectivity index (χ1) is 36.9. The Morgan fingerprint density at radius 3 is 1.31 bits per heavy atom. The Morgan fingerprint density at radius 1 is 0.385 bits per heavy atom. The lowest BCUT2D eigenvalue weighted by Gasteiger charge is -2.51. The monoisotopic (exact) mass is 1020 g/mol. The van der Waals surface area contributed by atoms with Gasteiger partial charge in [-0.25, -0.2) is 0 Å². The number of rotatable bonds is 3. The van der Waals surface area contributed by atoms with Gasteiger partial charge in [0.25, 0.3) is 6.71 Å². The van der Waals surface area contributed by atoms with Gasteiger partial charge in [0.15, 0.2) is 0 Å². The Balaban J connectivity index is 1.16. The quantitative estimate of drug-likeness (QED) is 0.163. The molecule has 3 aliphatic carbocycles. The van der Waals surface area contributed by atoms with Crippen molar-refractivity contribution < 1.29 is 0 Å². The second kappa shape index (κ2) is 16.0. The molecular weight excluding hydrogens is 942 g/mol. The van der Waals surface area contributed by atoms with Crippen LogP contribution in [-0.2, 0) is 32.5 Å². The van der Waals surface area contributed by atoms with Crippen LogP contribution in [0.25, 0.3) is 22.3 Å². The van der Waals surface area contributed by atoms with E-state index in [0.29, 0.717) is 0 Å². The van der Waals surface area contributed by atoms with Crippen LogP contribution in [0.5, 0.6) is 0 Å². The Labute approximate surface area is 466 Å². The molecule has 0 saturated heterocycles. The van der Waals surface area contributed by atoms with Crippen LogP contribution in [0.2, 0.25) is 0 Å². The lowest BCUT2D eigenvalue weighted by atomic mass is 9.33. The highest BCUT2D eigenvalue weighted by Gasteiger charge is 2.59. The van der Waals surface area contributed by atoms with Crippen molar-refractivity contribution in [2.24, 2.45) is 0 Å². The fourth-order valence-corrected chi connectivity index (χ4v) is 16.0. The van der Waals surface area contributed by atoms with E-state index in [-0.39, 0.29) is 44.7 Å². The molecule has 8 aromatic rings. The van der Waals surface area contributed by atoms with E-state index in [9.17, 15) is 0 Å². The van der Waals surface area contributed by atoms with Gasteiger partial charge in [0.2, 0.25) is 0 Å². The molecule has 2 atom stereocenters. The van der Waals surface area contributed by atoms with Crippen LogP contribution in [0.3, 0.4) is 0 Å². The van der Waals surface area contributed by atoms with Gasteiger partial charge < -0.3 is 14.7 Å². The third-order valence-electron chi connectivity index (χ3n) is 20.7.